The summed E-state index contributed by atoms with van der Waals surface area (Å²) in [5.41, 5.74) is -2.43. The van der Waals surface area contributed by atoms with Gasteiger partial charge in [-0.25, -0.2) is 4.39 Å². The van der Waals surface area contributed by atoms with Crippen molar-refractivity contribution in [3.8, 4) is 5.75 Å². The van der Waals surface area contributed by atoms with E-state index in [1.165, 1.54) is 6.07 Å². The Morgan fingerprint density at radius 3 is 2.58 bits per heavy atom. The van der Waals surface area contributed by atoms with E-state index >= 15 is 0 Å². The van der Waals surface area contributed by atoms with Gasteiger partial charge >= 0.3 is 12.8 Å². The Balaban J connectivity index is 1.78. The molecular weight excluding hydrogens is 460 g/mol. The summed E-state index contributed by atoms with van der Waals surface area (Å²) in [7, 11) is 0. The average Bonchev–Trinajstić information content (AvgIpc) is 3.02. The number of hydrogen-bond donors (Lipinski definition) is 0. The lowest BCUT2D eigenvalue weighted by Gasteiger charge is -2.34. The van der Waals surface area contributed by atoms with Crippen LogP contribution in [0, 0.1) is 5.82 Å². The van der Waals surface area contributed by atoms with Gasteiger partial charge in [-0.05, 0) is 12.1 Å². The standard InChI is InChI=1S/C18H12F8N2O2S/c19-12-11(31-16(22)23)2-1-9-13(12)29-4-3-17(9)7-28-6-8(18(24,25)26)5-10(14(28)27-17)30-15(20)21/h1-2,5-6,15-16H,3-4,7H2/t17-/m1/s1. The lowest BCUT2D eigenvalue weighted by Crippen LogP contribution is -2.38. The molecule has 4 rings (SSSR count). The first kappa shape index (κ1) is 21.8. The van der Waals surface area contributed by atoms with Crippen molar-refractivity contribution in [2.75, 3.05) is 13.2 Å². The molecule has 1 aromatic rings. The molecule has 1 spiro atoms. The number of thioether (sulfide) groups is 1. The van der Waals surface area contributed by atoms with E-state index in [0.29, 0.717) is 12.3 Å². The van der Waals surface area contributed by atoms with E-state index in [9.17, 15) is 35.1 Å². The largest absolute Gasteiger partial charge is 0.490 e. The van der Waals surface area contributed by atoms with Crippen molar-refractivity contribution in [1.29, 1.82) is 0 Å². The van der Waals surface area contributed by atoms with E-state index in [1.54, 1.807) is 0 Å². The number of aliphatic imine (C=N–C) groups is 1. The zero-order valence-electron chi connectivity index (χ0n) is 15.2. The normalized spacial score (nSPS) is 22.8. The minimum atomic E-state index is -4.83. The molecule has 0 saturated carbocycles. The highest BCUT2D eigenvalue weighted by Gasteiger charge is 2.49. The average molecular weight is 472 g/mol. The number of halogens is 8. The van der Waals surface area contributed by atoms with Gasteiger partial charge in [0.15, 0.2) is 23.2 Å². The smallest absolute Gasteiger partial charge is 0.417 e. The van der Waals surface area contributed by atoms with E-state index in [0.717, 1.165) is 11.0 Å². The van der Waals surface area contributed by atoms with Crippen LogP contribution >= 0.6 is 11.8 Å². The molecule has 3 aliphatic rings. The number of benzene rings is 1. The molecule has 0 radical (unpaired) electrons. The molecular formula is C18H12F8N2O2S. The Hall–Kier alpha value is -2.44. The Bertz CT molecular complexity index is 992. The van der Waals surface area contributed by atoms with Crippen LogP contribution in [0.15, 0.2) is 45.6 Å². The molecule has 0 unspecified atom stereocenters. The van der Waals surface area contributed by atoms with Gasteiger partial charge in [-0.2, -0.15) is 30.7 Å². The molecule has 0 bridgehead atoms. The van der Waals surface area contributed by atoms with Crippen LogP contribution in [0.3, 0.4) is 0 Å². The van der Waals surface area contributed by atoms with Crippen LogP contribution in [0.4, 0.5) is 35.1 Å². The van der Waals surface area contributed by atoms with Gasteiger partial charge in [-0.3, -0.25) is 4.99 Å². The molecule has 0 saturated heterocycles. The van der Waals surface area contributed by atoms with Crippen molar-refractivity contribution in [3.63, 3.8) is 0 Å². The van der Waals surface area contributed by atoms with E-state index in [2.05, 4.69) is 9.73 Å². The van der Waals surface area contributed by atoms with Gasteiger partial charge in [0, 0.05) is 18.2 Å². The van der Waals surface area contributed by atoms with Gasteiger partial charge in [0.25, 0.3) is 5.76 Å². The Morgan fingerprint density at radius 2 is 1.94 bits per heavy atom. The van der Waals surface area contributed by atoms with Crippen molar-refractivity contribution in [2.24, 2.45) is 4.99 Å². The highest BCUT2D eigenvalue weighted by atomic mass is 32.2. The number of fused-ring (bicyclic) bond motifs is 3. The molecule has 0 aliphatic carbocycles. The van der Waals surface area contributed by atoms with Crippen LogP contribution in [0.1, 0.15) is 12.0 Å². The van der Waals surface area contributed by atoms with Gasteiger partial charge in [0.1, 0.15) is 5.54 Å². The van der Waals surface area contributed by atoms with Gasteiger partial charge in [-0.1, -0.05) is 17.8 Å². The molecule has 0 N–H and O–H groups in total. The molecule has 31 heavy (non-hydrogen) atoms. The maximum atomic E-state index is 14.8. The van der Waals surface area contributed by atoms with E-state index in [-0.39, 0.29) is 53.4 Å². The first-order valence-corrected chi connectivity index (χ1v) is 9.61. The first-order valence-electron chi connectivity index (χ1n) is 8.73. The molecule has 3 aliphatic heterocycles. The van der Waals surface area contributed by atoms with Crippen LogP contribution < -0.4 is 4.74 Å². The summed E-state index contributed by atoms with van der Waals surface area (Å²) in [5, 5.41) is 0. The van der Waals surface area contributed by atoms with Crippen molar-refractivity contribution >= 4 is 17.6 Å². The molecule has 1 atom stereocenters. The second-order valence-electron chi connectivity index (χ2n) is 6.80. The summed E-state index contributed by atoms with van der Waals surface area (Å²) in [6.45, 7) is -3.74. The van der Waals surface area contributed by atoms with Crippen molar-refractivity contribution in [2.45, 2.75) is 35.4 Å². The SMILES string of the molecule is Fc1c(SC(F)F)ccc2c1OCC[C@@]21CN2C=C(C(F)(F)F)C=C(OC(F)F)C2=N1. The van der Waals surface area contributed by atoms with E-state index in [1.807, 2.05) is 0 Å². The second kappa shape index (κ2) is 7.61. The highest BCUT2D eigenvalue weighted by Crippen LogP contribution is 2.48. The Kier molecular flexibility index (Phi) is 5.34. The monoisotopic (exact) mass is 472 g/mol. The summed E-state index contributed by atoms with van der Waals surface area (Å²) >= 11 is -0.0224. The quantitative estimate of drug-likeness (QED) is 0.433. The highest BCUT2D eigenvalue weighted by molar-refractivity contribution is 7.99. The fraction of sp³-hybridized carbons (Fsp3) is 0.389. The molecule has 1 aromatic carbocycles. The van der Waals surface area contributed by atoms with Crippen LogP contribution in [-0.2, 0) is 10.3 Å². The number of ether oxygens (including phenoxy) is 2. The minimum Gasteiger partial charge on any atom is -0.490 e. The predicted molar refractivity (Wildman–Crippen MR) is 93.5 cm³/mol. The molecule has 13 heteroatoms. The van der Waals surface area contributed by atoms with Crippen LogP contribution in [-0.4, -0.2) is 42.4 Å². The maximum Gasteiger partial charge on any atom is 0.417 e. The summed E-state index contributed by atoms with van der Waals surface area (Å²) < 4.78 is 115. The third-order valence-electron chi connectivity index (χ3n) is 4.91. The van der Waals surface area contributed by atoms with Crippen LogP contribution in [0.5, 0.6) is 5.75 Å². The van der Waals surface area contributed by atoms with E-state index < -0.39 is 41.2 Å². The van der Waals surface area contributed by atoms with Gasteiger partial charge in [0.05, 0.1) is 23.6 Å². The molecule has 168 valence electrons. The lowest BCUT2D eigenvalue weighted by atomic mass is 9.85. The van der Waals surface area contributed by atoms with Gasteiger partial charge < -0.3 is 14.4 Å². The maximum absolute atomic E-state index is 14.8. The number of allylic oxidation sites excluding steroid dienone is 2. The molecule has 0 fully saturated rings. The zero-order chi connectivity index (χ0) is 22.6. The second-order valence-corrected chi connectivity index (χ2v) is 7.83. The zero-order valence-corrected chi connectivity index (χ0v) is 16.0. The minimum absolute atomic E-state index is 0.0224. The number of nitrogens with zero attached hydrogens (tertiary/aromatic N) is 2. The summed E-state index contributed by atoms with van der Waals surface area (Å²) in [6.07, 6.45) is -3.61. The Labute approximate surface area is 174 Å². The Morgan fingerprint density at radius 1 is 1.19 bits per heavy atom. The number of alkyl halides is 7. The number of rotatable bonds is 4. The fourth-order valence-corrected chi connectivity index (χ4v) is 4.22. The summed E-state index contributed by atoms with van der Waals surface area (Å²) in [4.78, 5) is 4.97. The van der Waals surface area contributed by atoms with E-state index in [4.69, 9.17) is 4.74 Å². The van der Waals surface area contributed by atoms with Crippen molar-refractivity contribution in [1.82, 2.24) is 4.90 Å². The molecule has 3 heterocycles. The molecule has 0 amide bonds. The third-order valence-corrected chi connectivity index (χ3v) is 5.66. The van der Waals surface area contributed by atoms with Crippen LogP contribution in [0.2, 0.25) is 0 Å². The first-order chi connectivity index (χ1) is 14.5. The van der Waals surface area contributed by atoms with Gasteiger partial charge in [-0.15, -0.1) is 0 Å². The predicted octanol–water partition coefficient (Wildman–Crippen LogP) is 5.42. The summed E-state index contributed by atoms with van der Waals surface area (Å²) in [5.74, 6) is -5.32. The third kappa shape index (κ3) is 3.94. The molecule has 4 nitrogen and oxygen atoms in total. The van der Waals surface area contributed by atoms with Gasteiger partial charge in [0.2, 0.25) is 0 Å². The van der Waals surface area contributed by atoms with Crippen LogP contribution in [0.25, 0.3) is 0 Å². The number of amidine groups is 1. The number of hydrogen-bond acceptors (Lipinski definition) is 5. The fourth-order valence-electron chi connectivity index (χ4n) is 3.68. The van der Waals surface area contributed by atoms with Crippen molar-refractivity contribution < 1.29 is 44.6 Å². The molecule has 0 aromatic heterocycles. The van der Waals surface area contributed by atoms with Crippen molar-refractivity contribution in [3.05, 3.63) is 47.1 Å². The summed E-state index contributed by atoms with van der Waals surface area (Å²) in [6, 6.07) is 2.40. The lowest BCUT2D eigenvalue weighted by molar-refractivity contribution is -0.0981. The topological polar surface area (TPSA) is 34.1 Å².